The Balaban J connectivity index is 1.51. The lowest BCUT2D eigenvalue weighted by Crippen LogP contribution is -2.57. The molecular formula is C23H34N4O4. The Morgan fingerprint density at radius 3 is 2.26 bits per heavy atom. The van der Waals surface area contributed by atoms with Gasteiger partial charge in [0.05, 0.1) is 13.2 Å². The molecule has 8 heteroatoms. The highest BCUT2D eigenvalue weighted by molar-refractivity contribution is 5.97. The van der Waals surface area contributed by atoms with Crippen LogP contribution in [0.15, 0.2) is 24.3 Å². The molecule has 2 N–H and O–H groups in total. The first kappa shape index (κ1) is 23.1. The number of benzene rings is 1. The Morgan fingerprint density at radius 2 is 1.71 bits per heavy atom. The summed E-state index contributed by atoms with van der Waals surface area (Å²) in [7, 11) is 0. The molecule has 3 rings (SSSR count). The molecule has 1 aliphatic carbocycles. The number of amides is 3. The second-order valence-corrected chi connectivity index (χ2v) is 8.60. The van der Waals surface area contributed by atoms with Crippen molar-refractivity contribution in [1.82, 2.24) is 20.4 Å². The van der Waals surface area contributed by atoms with E-state index in [2.05, 4.69) is 15.5 Å². The van der Waals surface area contributed by atoms with Crippen LogP contribution in [0.25, 0.3) is 0 Å². The van der Waals surface area contributed by atoms with Gasteiger partial charge in [0.25, 0.3) is 5.91 Å². The van der Waals surface area contributed by atoms with Crippen LogP contribution in [0.5, 0.6) is 5.75 Å². The minimum atomic E-state index is -0.594. The molecule has 2 fully saturated rings. The van der Waals surface area contributed by atoms with Gasteiger partial charge in [-0.15, -0.1) is 0 Å². The highest BCUT2D eigenvalue weighted by atomic mass is 16.5. The van der Waals surface area contributed by atoms with E-state index in [0.29, 0.717) is 56.7 Å². The molecule has 1 saturated carbocycles. The van der Waals surface area contributed by atoms with Gasteiger partial charge in [0.1, 0.15) is 11.8 Å². The van der Waals surface area contributed by atoms with Crippen molar-refractivity contribution in [2.45, 2.75) is 45.7 Å². The van der Waals surface area contributed by atoms with Crippen molar-refractivity contribution < 1.29 is 19.1 Å². The largest absolute Gasteiger partial charge is 0.494 e. The molecule has 170 valence electrons. The zero-order valence-electron chi connectivity index (χ0n) is 18.7. The number of piperazine rings is 1. The van der Waals surface area contributed by atoms with Gasteiger partial charge in [0.15, 0.2) is 0 Å². The number of carbonyl (C=O) groups excluding carboxylic acids is 3. The number of rotatable bonds is 9. The Hall–Kier alpha value is -2.61. The van der Waals surface area contributed by atoms with Gasteiger partial charge in [-0.2, -0.15) is 0 Å². The predicted molar refractivity (Wildman–Crippen MR) is 118 cm³/mol. The summed E-state index contributed by atoms with van der Waals surface area (Å²) in [6, 6.07) is 6.68. The molecule has 1 aromatic carbocycles. The van der Waals surface area contributed by atoms with Gasteiger partial charge in [-0.1, -0.05) is 13.8 Å². The maximum atomic E-state index is 13.1. The average molecular weight is 431 g/mol. The summed E-state index contributed by atoms with van der Waals surface area (Å²) in [5.41, 5.74) is 0.494. The van der Waals surface area contributed by atoms with Crippen molar-refractivity contribution >= 4 is 17.7 Å². The summed E-state index contributed by atoms with van der Waals surface area (Å²) >= 11 is 0. The summed E-state index contributed by atoms with van der Waals surface area (Å²) in [5, 5.41) is 5.90. The minimum absolute atomic E-state index is 0.0403. The first-order valence-electron chi connectivity index (χ1n) is 11.2. The molecule has 0 spiro atoms. The highest BCUT2D eigenvalue weighted by Gasteiger charge is 2.31. The SMILES string of the molecule is CCOc1ccc(C(=O)NC(C(=O)N2CCN(CC(=O)NC3CC3)CC2)C(C)C)cc1. The van der Waals surface area contributed by atoms with Gasteiger partial charge in [-0.05, 0) is 49.9 Å². The van der Waals surface area contributed by atoms with Crippen molar-refractivity contribution in [3.8, 4) is 5.75 Å². The third-order valence-electron chi connectivity index (χ3n) is 5.64. The lowest BCUT2D eigenvalue weighted by Gasteiger charge is -2.37. The number of hydrogen-bond acceptors (Lipinski definition) is 5. The van der Waals surface area contributed by atoms with Crippen LogP contribution in [0, 0.1) is 5.92 Å². The normalized spacial score (nSPS) is 17.9. The smallest absolute Gasteiger partial charge is 0.251 e. The lowest BCUT2D eigenvalue weighted by atomic mass is 10.0. The topological polar surface area (TPSA) is 91.0 Å². The summed E-state index contributed by atoms with van der Waals surface area (Å²) in [6.45, 7) is 9.12. The average Bonchev–Trinajstić information content (AvgIpc) is 3.56. The van der Waals surface area contributed by atoms with E-state index in [1.54, 1.807) is 29.2 Å². The van der Waals surface area contributed by atoms with Crippen molar-refractivity contribution in [1.29, 1.82) is 0 Å². The van der Waals surface area contributed by atoms with Crippen molar-refractivity contribution in [2.75, 3.05) is 39.3 Å². The molecule has 0 aromatic heterocycles. The van der Waals surface area contributed by atoms with E-state index in [4.69, 9.17) is 4.74 Å². The molecule has 1 aromatic rings. The predicted octanol–water partition coefficient (Wildman–Crippen LogP) is 1.26. The molecule has 1 heterocycles. The van der Waals surface area contributed by atoms with Gasteiger partial charge in [-0.25, -0.2) is 0 Å². The van der Waals surface area contributed by atoms with Crippen LogP contribution < -0.4 is 15.4 Å². The number of hydrogen-bond donors (Lipinski definition) is 2. The summed E-state index contributed by atoms with van der Waals surface area (Å²) < 4.78 is 5.41. The molecule has 1 aliphatic heterocycles. The number of ether oxygens (including phenoxy) is 1. The van der Waals surface area contributed by atoms with E-state index in [0.717, 1.165) is 12.8 Å². The van der Waals surface area contributed by atoms with Crippen LogP contribution in [0.2, 0.25) is 0 Å². The van der Waals surface area contributed by atoms with Crippen LogP contribution in [0.3, 0.4) is 0 Å². The quantitative estimate of drug-likeness (QED) is 0.616. The molecule has 31 heavy (non-hydrogen) atoms. The minimum Gasteiger partial charge on any atom is -0.494 e. The molecular weight excluding hydrogens is 396 g/mol. The van der Waals surface area contributed by atoms with Crippen LogP contribution in [-0.2, 0) is 9.59 Å². The second-order valence-electron chi connectivity index (χ2n) is 8.60. The van der Waals surface area contributed by atoms with E-state index in [9.17, 15) is 14.4 Å². The number of carbonyl (C=O) groups is 3. The number of nitrogens with one attached hydrogen (secondary N) is 2. The van der Waals surface area contributed by atoms with E-state index < -0.39 is 6.04 Å². The number of nitrogens with zero attached hydrogens (tertiary/aromatic N) is 2. The summed E-state index contributed by atoms with van der Waals surface area (Å²) in [5.74, 6) is 0.382. The zero-order chi connectivity index (χ0) is 22.4. The molecule has 3 amide bonds. The standard InChI is InChI=1S/C23H34N4O4/c1-4-31-19-9-5-17(6-10-19)22(29)25-21(16(2)3)23(30)27-13-11-26(12-14-27)15-20(28)24-18-7-8-18/h5-6,9-10,16,18,21H,4,7-8,11-15H2,1-3H3,(H,24,28)(H,25,29). The molecule has 0 bridgehead atoms. The van der Waals surface area contributed by atoms with E-state index >= 15 is 0 Å². The Morgan fingerprint density at radius 1 is 1.06 bits per heavy atom. The summed E-state index contributed by atoms with van der Waals surface area (Å²) in [6.07, 6.45) is 2.15. The van der Waals surface area contributed by atoms with Gasteiger partial charge in [-0.3, -0.25) is 19.3 Å². The lowest BCUT2D eigenvalue weighted by molar-refractivity contribution is -0.136. The second kappa shape index (κ2) is 10.6. The zero-order valence-corrected chi connectivity index (χ0v) is 18.7. The van der Waals surface area contributed by atoms with Crippen LogP contribution in [0.1, 0.15) is 44.0 Å². The summed E-state index contributed by atoms with van der Waals surface area (Å²) in [4.78, 5) is 41.7. The highest BCUT2D eigenvalue weighted by Crippen LogP contribution is 2.18. The van der Waals surface area contributed by atoms with Crippen LogP contribution in [-0.4, -0.2) is 78.9 Å². The Labute approximate surface area is 184 Å². The molecule has 8 nitrogen and oxygen atoms in total. The van der Waals surface area contributed by atoms with Gasteiger partial charge < -0.3 is 20.3 Å². The fourth-order valence-corrected chi connectivity index (χ4v) is 3.63. The Bertz CT molecular complexity index is 768. The van der Waals surface area contributed by atoms with Crippen molar-refractivity contribution in [2.24, 2.45) is 5.92 Å². The molecule has 2 aliphatic rings. The first-order valence-corrected chi connectivity index (χ1v) is 11.2. The van der Waals surface area contributed by atoms with Gasteiger partial charge in [0, 0.05) is 37.8 Å². The third kappa shape index (κ3) is 6.69. The van der Waals surface area contributed by atoms with Crippen molar-refractivity contribution in [3.63, 3.8) is 0 Å². The maximum Gasteiger partial charge on any atom is 0.251 e. The van der Waals surface area contributed by atoms with E-state index in [1.165, 1.54) is 0 Å². The monoisotopic (exact) mass is 430 g/mol. The fraction of sp³-hybridized carbons (Fsp3) is 0.609. The molecule has 1 saturated heterocycles. The van der Waals surface area contributed by atoms with Crippen LogP contribution >= 0.6 is 0 Å². The van der Waals surface area contributed by atoms with Crippen molar-refractivity contribution in [3.05, 3.63) is 29.8 Å². The van der Waals surface area contributed by atoms with Gasteiger partial charge >= 0.3 is 0 Å². The third-order valence-corrected chi connectivity index (χ3v) is 5.64. The molecule has 1 unspecified atom stereocenters. The Kier molecular flexibility index (Phi) is 7.90. The van der Waals surface area contributed by atoms with Gasteiger partial charge in [0.2, 0.25) is 11.8 Å². The molecule has 0 radical (unpaired) electrons. The maximum absolute atomic E-state index is 13.1. The van der Waals surface area contributed by atoms with Crippen LogP contribution in [0.4, 0.5) is 0 Å². The van der Waals surface area contributed by atoms with E-state index in [1.807, 2.05) is 20.8 Å². The first-order chi connectivity index (χ1) is 14.9. The van der Waals surface area contributed by atoms with E-state index in [-0.39, 0.29) is 23.6 Å². The molecule has 1 atom stereocenters. The fourth-order valence-electron chi connectivity index (χ4n) is 3.63.